The molecule has 6 nitrogen and oxygen atoms in total. The monoisotopic (exact) mass is 262 g/mol. The highest BCUT2D eigenvalue weighted by molar-refractivity contribution is 5.98. The van der Waals surface area contributed by atoms with E-state index in [4.69, 9.17) is 4.74 Å². The van der Waals surface area contributed by atoms with Crippen LogP contribution in [-0.2, 0) is 9.53 Å². The van der Waals surface area contributed by atoms with Gasteiger partial charge in [-0.2, -0.15) is 0 Å². The Hall–Kier alpha value is -1.95. The molecule has 0 atom stereocenters. The molecule has 19 heavy (non-hydrogen) atoms. The number of hydrogen-bond donors (Lipinski definition) is 1. The molecule has 1 saturated heterocycles. The Morgan fingerprint density at radius 2 is 2.26 bits per heavy atom. The van der Waals surface area contributed by atoms with E-state index in [1.807, 2.05) is 0 Å². The molecule has 1 aliphatic rings. The molecule has 1 amide bonds. The number of carbonyl (C=O) groups excluding carboxylic acids is 1. The van der Waals surface area contributed by atoms with Gasteiger partial charge in [-0.3, -0.25) is 4.79 Å². The van der Waals surface area contributed by atoms with E-state index in [-0.39, 0.29) is 5.91 Å². The second-order valence-electron chi connectivity index (χ2n) is 4.38. The van der Waals surface area contributed by atoms with E-state index in [2.05, 4.69) is 26.8 Å². The predicted octanol–water partition coefficient (Wildman–Crippen LogP) is 1.22. The molecule has 2 heterocycles. The van der Waals surface area contributed by atoms with Gasteiger partial charge in [0.1, 0.15) is 18.0 Å². The smallest absolute Gasteiger partial charge is 0.248 e. The molecule has 1 aromatic rings. The van der Waals surface area contributed by atoms with Gasteiger partial charge in [0.15, 0.2) is 0 Å². The molecule has 0 saturated carbocycles. The summed E-state index contributed by atoms with van der Waals surface area (Å²) in [6.45, 7) is 5.19. The number of rotatable bonds is 4. The lowest BCUT2D eigenvalue weighted by Gasteiger charge is -2.32. The number of aromatic nitrogens is 2. The van der Waals surface area contributed by atoms with Gasteiger partial charge in [-0.15, -0.1) is 0 Å². The largest absolute Gasteiger partial charge is 0.381 e. The fourth-order valence-corrected chi connectivity index (χ4v) is 2.09. The first-order valence-electron chi connectivity index (χ1n) is 6.26. The number of ether oxygens (including phenoxy) is 1. The zero-order chi connectivity index (χ0) is 13.7. The number of methoxy groups -OCH3 is 1. The van der Waals surface area contributed by atoms with Crippen molar-refractivity contribution < 1.29 is 9.53 Å². The molecule has 0 aromatic carbocycles. The molecule has 2 rings (SSSR count). The number of carbonyl (C=O) groups is 1. The van der Waals surface area contributed by atoms with Crippen molar-refractivity contribution in [2.75, 3.05) is 30.4 Å². The van der Waals surface area contributed by atoms with Crippen molar-refractivity contribution in [3.05, 3.63) is 25.0 Å². The number of nitrogens with one attached hydrogen (secondary N) is 1. The standard InChI is InChI=1S/C13H18N4O2/c1-3-13(18)16-11-8-12(15-9-14-11)17-6-4-10(19-2)5-7-17/h3,8-10H,1,4-7H2,2H3,(H,14,15,16,18). The summed E-state index contributed by atoms with van der Waals surface area (Å²) in [6, 6.07) is 1.77. The van der Waals surface area contributed by atoms with Gasteiger partial charge < -0.3 is 15.0 Å². The van der Waals surface area contributed by atoms with E-state index in [0.29, 0.717) is 11.9 Å². The Morgan fingerprint density at radius 3 is 2.89 bits per heavy atom. The van der Waals surface area contributed by atoms with Crippen molar-refractivity contribution in [2.24, 2.45) is 0 Å². The molecule has 6 heteroatoms. The fraction of sp³-hybridized carbons (Fsp3) is 0.462. The van der Waals surface area contributed by atoms with Crippen LogP contribution in [0.25, 0.3) is 0 Å². The summed E-state index contributed by atoms with van der Waals surface area (Å²) in [5.74, 6) is 1.04. The third-order valence-corrected chi connectivity index (χ3v) is 3.19. The SMILES string of the molecule is C=CC(=O)Nc1cc(N2CCC(OC)CC2)ncn1. The number of piperidine rings is 1. The number of amides is 1. The predicted molar refractivity (Wildman–Crippen MR) is 73.1 cm³/mol. The maximum atomic E-state index is 11.2. The summed E-state index contributed by atoms with van der Waals surface area (Å²) in [4.78, 5) is 21.7. The van der Waals surface area contributed by atoms with Gasteiger partial charge in [-0.25, -0.2) is 9.97 Å². The molecular weight excluding hydrogens is 244 g/mol. The molecule has 1 N–H and O–H groups in total. The Labute approximate surface area is 112 Å². The molecule has 0 bridgehead atoms. The van der Waals surface area contributed by atoms with Crippen molar-refractivity contribution in [2.45, 2.75) is 18.9 Å². The lowest BCUT2D eigenvalue weighted by molar-refractivity contribution is -0.111. The van der Waals surface area contributed by atoms with Gasteiger partial charge in [0.25, 0.3) is 0 Å². The van der Waals surface area contributed by atoms with Crippen LogP contribution in [0.1, 0.15) is 12.8 Å². The van der Waals surface area contributed by atoms with Gasteiger partial charge in [-0.1, -0.05) is 6.58 Å². The second-order valence-corrected chi connectivity index (χ2v) is 4.38. The zero-order valence-electron chi connectivity index (χ0n) is 11.0. The van der Waals surface area contributed by atoms with Crippen LogP contribution in [0.5, 0.6) is 0 Å². The Balaban J connectivity index is 2.02. The van der Waals surface area contributed by atoms with Crippen LogP contribution >= 0.6 is 0 Å². The first-order valence-corrected chi connectivity index (χ1v) is 6.26. The van der Waals surface area contributed by atoms with Crippen molar-refractivity contribution >= 4 is 17.5 Å². The second kappa shape index (κ2) is 6.29. The van der Waals surface area contributed by atoms with Crippen LogP contribution in [0.3, 0.4) is 0 Å². The van der Waals surface area contributed by atoms with Gasteiger partial charge in [0.2, 0.25) is 5.91 Å². The highest BCUT2D eigenvalue weighted by Crippen LogP contribution is 2.20. The van der Waals surface area contributed by atoms with Gasteiger partial charge in [0, 0.05) is 26.3 Å². The van der Waals surface area contributed by atoms with Crippen LogP contribution in [-0.4, -0.2) is 42.2 Å². The summed E-state index contributed by atoms with van der Waals surface area (Å²) in [6.07, 6.45) is 4.96. The number of anilines is 2. The Morgan fingerprint density at radius 1 is 1.53 bits per heavy atom. The van der Waals surface area contributed by atoms with Crippen molar-refractivity contribution in [1.82, 2.24) is 9.97 Å². The minimum absolute atomic E-state index is 0.275. The van der Waals surface area contributed by atoms with Crippen LogP contribution in [0, 0.1) is 0 Å². The van der Waals surface area contributed by atoms with Gasteiger partial charge >= 0.3 is 0 Å². The normalized spacial score (nSPS) is 16.2. The molecule has 1 fully saturated rings. The van der Waals surface area contributed by atoms with Crippen molar-refractivity contribution in [3.63, 3.8) is 0 Å². The van der Waals surface area contributed by atoms with E-state index in [1.165, 1.54) is 12.4 Å². The summed E-state index contributed by atoms with van der Waals surface area (Å²) in [5.41, 5.74) is 0. The lowest BCUT2D eigenvalue weighted by Crippen LogP contribution is -2.37. The maximum Gasteiger partial charge on any atom is 0.248 e. The third-order valence-electron chi connectivity index (χ3n) is 3.19. The summed E-state index contributed by atoms with van der Waals surface area (Å²) in [5, 5.41) is 2.63. The first-order chi connectivity index (χ1) is 9.22. The topological polar surface area (TPSA) is 67.4 Å². The van der Waals surface area contributed by atoms with Gasteiger partial charge in [0.05, 0.1) is 6.10 Å². The summed E-state index contributed by atoms with van der Waals surface area (Å²) < 4.78 is 5.34. The van der Waals surface area contributed by atoms with Crippen LogP contribution < -0.4 is 10.2 Å². The van der Waals surface area contributed by atoms with E-state index < -0.39 is 0 Å². The molecule has 102 valence electrons. The molecule has 0 spiro atoms. The Kier molecular flexibility index (Phi) is 4.46. The van der Waals surface area contributed by atoms with Gasteiger partial charge in [-0.05, 0) is 18.9 Å². The van der Waals surface area contributed by atoms with E-state index in [9.17, 15) is 4.79 Å². The average molecular weight is 262 g/mol. The molecule has 1 aromatic heterocycles. The van der Waals surface area contributed by atoms with Crippen LogP contribution in [0.4, 0.5) is 11.6 Å². The first kappa shape index (κ1) is 13.5. The molecule has 0 aliphatic carbocycles. The highest BCUT2D eigenvalue weighted by Gasteiger charge is 2.19. The van der Waals surface area contributed by atoms with Crippen molar-refractivity contribution in [3.8, 4) is 0 Å². The van der Waals surface area contributed by atoms with E-state index >= 15 is 0 Å². The minimum atomic E-state index is -0.275. The quantitative estimate of drug-likeness (QED) is 0.826. The zero-order valence-corrected chi connectivity index (χ0v) is 11.0. The van der Waals surface area contributed by atoms with Crippen molar-refractivity contribution in [1.29, 1.82) is 0 Å². The molecule has 0 radical (unpaired) electrons. The number of hydrogen-bond acceptors (Lipinski definition) is 5. The minimum Gasteiger partial charge on any atom is -0.381 e. The van der Waals surface area contributed by atoms with E-state index in [1.54, 1.807) is 13.2 Å². The number of nitrogens with zero attached hydrogens (tertiary/aromatic N) is 3. The maximum absolute atomic E-state index is 11.2. The lowest BCUT2D eigenvalue weighted by atomic mass is 10.1. The molecule has 0 unspecified atom stereocenters. The highest BCUT2D eigenvalue weighted by atomic mass is 16.5. The average Bonchev–Trinajstić information content (AvgIpc) is 2.47. The summed E-state index contributed by atoms with van der Waals surface area (Å²) >= 11 is 0. The van der Waals surface area contributed by atoms with E-state index in [0.717, 1.165) is 31.7 Å². The molecule has 1 aliphatic heterocycles. The summed E-state index contributed by atoms with van der Waals surface area (Å²) in [7, 11) is 1.74. The van der Waals surface area contributed by atoms with Crippen LogP contribution in [0.15, 0.2) is 25.0 Å². The van der Waals surface area contributed by atoms with Crippen LogP contribution in [0.2, 0.25) is 0 Å². The Bertz CT molecular complexity index is 456. The molecular formula is C13H18N4O2. The fourth-order valence-electron chi connectivity index (χ4n) is 2.09. The third kappa shape index (κ3) is 3.51.